The van der Waals surface area contributed by atoms with Crippen LogP contribution in [0.4, 0.5) is 5.95 Å². The summed E-state index contributed by atoms with van der Waals surface area (Å²) in [5, 5.41) is 4.79. The molecule has 154 valence electrons. The molecule has 0 saturated carbocycles. The maximum atomic E-state index is 13.2. The predicted octanol–water partition coefficient (Wildman–Crippen LogP) is 3.34. The molecule has 1 N–H and O–H groups in total. The van der Waals surface area contributed by atoms with Crippen molar-refractivity contribution in [3.63, 3.8) is 0 Å². The third-order valence-electron chi connectivity index (χ3n) is 4.76. The van der Waals surface area contributed by atoms with Gasteiger partial charge in [0, 0.05) is 11.3 Å². The number of aromatic amines is 1. The number of thiophene rings is 1. The molecule has 0 spiro atoms. The summed E-state index contributed by atoms with van der Waals surface area (Å²) in [5.41, 5.74) is 1.81. The monoisotopic (exact) mass is 423 g/mol. The number of amides is 1. The van der Waals surface area contributed by atoms with Crippen molar-refractivity contribution >= 4 is 29.0 Å². The first-order valence-corrected chi connectivity index (χ1v) is 10.4. The highest BCUT2D eigenvalue weighted by Crippen LogP contribution is 2.21. The minimum Gasteiger partial charge on any atom is -0.494 e. The normalized spacial score (nSPS) is 11.0. The number of nitrogens with zero attached hydrogens (tertiary/aromatic N) is 4. The van der Waals surface area contributed by atoms with Crippen LogP contribution in [0.1, 0.15) is 33.4 Å². The first-order chi connectivity index (χ1) is 14.5. The molecule has 0 fully saturated rings. The van der Waals surface area contributed by atoms with Crippen molar-refractivity contribution in [3.8, 4) is 5.75 Å². The van der Waals surface area contributed by atoms with Gasteiger partial charge in [0.2, 0.25) is 5.95 Å². The van der Waals surface area contributed by atoms with E-state index in [0.29, 0.717) is 22.7 Å². The van der Waals surface area contributed by atoms with E-state index in [2.05, 4.69) is 15.1 Å². The lowest BCUT2D eigenvalue weighted by atomic mass is 10.2. The van der Waals surface area contributed by atoms with E-state index in [1.165, 1.54) is 20.8 Å². The Morgan fingerprint density at radius 1 is 1.20 bits per heavy atom. The first-order valence-electron chi connectivity index (χ1n) is 9.51. The molecule has 0 radical (unpaired) electrons. The van der Waals surface area contributed by atoms with Gasteiger partial charge >= 0.3 is 0 Å². The van der Waals surface area contributed by atoms with Gasteiger partial charge < -0.3 is 4.74 Å². The summed E-state index contributed by atoms with van der Waals surface area (Å²) in [6, 6.07) is 11.1. The van der Waals surface area contributed by atoms with Crippen LogP contribution >= 0.6 is 11.3 Å². The van der Waals surface area contributed by atoms with Crippen molar-refractivity contribution in [2.75, 3.05) is 11.5 Å². The number of rotatable bonds is 6. The summed E-state index contributed by atoms with van der Waals surface area (Å²) in [5.74, 6) is 1.05. The molecule has 0 aliphatic rings. The molecule has 0 atom stereocenters. The summed E-state index contributed by atoms with van der Waals surface area (Å²) >= 11 is 1.35. The average molecular weight is 423 g/mol. The van der Waals surface area contributed by atoms with E-state index in [1.807, 2.05) is 42.6 Å². The van der Waals surface area contributed by atoms with Gasteiger partial charge in [0.25, 0.3) is 17.2 Å². The number of ether oxygens (including phenoxy) is 1. The Bertz CT molecular complexity index is 1240. The predicted molar refractivity (Wildman–Crippen MR) is 116 cm³/mol. The molecule has 3 heterocycles. The molecule has 8 nitrogen and oxygen atoms in total. The van der Waals surface area contributed by atoms with E-state index in [9.17, 15) is 9.59 Å². The van der Waals surface area contributed by atoms with E-state index in [0.717, 1.165) is 11.3 Å². The molecule has 3 aromatic heterocycles. The van der Waals surface area contributed by atoms with Crippen LogP contribution in [0, 0.1) is 13.8 Å². The molecule has 0 unspecified atom stereocenters. The minimum atomic E-state index is -0.235. The molecule has 0 aliphatic carbocycles. The van der Waals surface area contributed by atoms with Gasteiger partial charge in [-0.15, -0.1) is 11.3 Å². The van der Waals surface area contributed by atoms with Crippen molar-refractivity contribution in [2.24, 2.45) is 0 Å². The number of carbonyl (C=O) groups excluding carboxylic acids is 1. The Morgan fingerprint density at radius 2 is 1.97 bits per heavy atom. The Labute approximate surface area is 176 Å². The molecule has 1 amide bonds. The second-order valence-electron chi connectivity index (χ2n) is 6.76. The third kappa shape index (κ3) is 3.71. The maximum absolute atomic E-state index is 13.2. The van der Waals surface area contributed by atoms with Crippen molar-refractivity contribution in [1.82, 2.24) is 19.6 Å². The number of hydrogen-bond acceptors (Lipinski definition) is 6. The third-order valence-corrected chi connectivity index (χ3v) is 5.62. The molecule has 4 rings (SSSR count). The standard InChI is InChI=1S/C21H21N5O3S/c1-4-29-16-9-7-15(8-10-16)12-25(19(28)17-6-5-11-30-17)21-23-20-22-14(3)13(2)18(27)26(20)24-21/h5-11H,4,12H2,1-3H3,(H,22,23,24). The van der Waals surface area contributed by atoms with E-state index >= 15 is 0 Å². The van der Waals surface area contributed by atoms with Gasteiger partial charge in [-0.25, -0.2) is 4.98 Å². The lowest BCUT2D eigenvalue weighted by Gasteiger charge is -2.19. The molecule has 4 aromatic rings. The number of H-pyrrole nitrogens is 1. The topological polar surface area (TPSA) is 92.6 Å². The van der Waals surface area contributed by atoms with Crippen molar-refractivity contribution < 1.29 is 9.53 Å². The van der Waals surface area contributed by atoms with E-state index in [-0.39, 0.29) is 29.7 Å². The zero-order valence-corrected chi connectivity index (χ0v) is 17.7. The van der Waals surface area contributed by atoms with E-state index < -0.39 is 0 Å². The van der Waals surface area contributed by atoms with E-state index in [4.69, 9.17) is 4.74 Å². The Kier molecular flexibility index (Phi) is 5.37. The highest BCUT2D eigenvalue weighted by Gasteiger charge is 2.23. The average Bonchev–Trinajstić information content (AvgIpc) is 3.41. The lowest BCUT2D eigenvalue weighted by molar-refractivity contribution is 0.0987. The fourth-order valence-corrected chi connectivity index (χ4v) is 3.70. The summed E-state index contributed by atoms with van der Waals surface area (Å²) in [6.07, 6.45) is 0. The first kappa shape index (κ1) is 19.8. The van der Waals surface area contributed by atoms with Gasteiger partial charge in [-0.3, -0.25) is 19.6 Å². The number of fused-ring (bicyclic) bond motifs is 1. The quantitative estimate of drug-likeness (QED) is 0.513. The molecule has 1 aromatic carbocycles. The Hall–Kier alpha value is -3.46. The van der Waals surface area contributed by atoms with Crippen LogP contribution in [0.25, 0.3) is 5.78 Å². The fourth-order valence-electron chi connectivity index (χ4n) is 3.03. The minimum absolute atomic E-state index is 0.209. The Morgan fingerprint density at radius 3 is 2.63 bits per heavy atom. The van der Waals surface area contributed by atoms with Gasteiger partial charge in [0.05, 0.1) is 18.0 Å². The van der Waals surface area contributed by atoms with Crippen LogP contribution in [-0.4, -0.2) is 32.1 Å². The molecule has 0 saturated heterocycles. The number of benzene rings is 1. The van der Waals surface area contributed by atoms with Gasteiger partial charge in [-0.2, -0.15) is 9.50 Å². The molecular formula is C21H21N5O3S. The molecule has 9 heteroatoms. The number of carbonyl (C=O) groups is 1. The summed E-state index contributed by atoms with van der Waals surface area (Å²) < 4.78 is 6.76. The zero-order valence-electron chi connectivity index (χ0n) is 16.9. The highest BCUT2D eigenvalue weighted by molar-refractivity contribution is 7.12. The SMILES string of the molecule is CCOc1ccc(CN(C(=O)c2cccs2)c2nc3nc(C)c(C)c(=O)n3[nH]2)cc1. The second-order valence-corrected chi connectivity index (χ2v) is 7.70. The fraction of sp³-hybridized carbons (Fsp3) is 0.238. The zero-order chi connectivity index (χ0) is 21.3. The van der Waals surface area contributed by atoms with Crippen LogP contribution in [0.3, 0.4) is 0 Å². The lowest BCUT2D eigenvalue weighted by Crippen LogP contribution is -2.31. The summed E-state index contributed by atoms with van der Waals surface area (Å²) in [6.45, 7) is 6.26. The second kappa shape index (κ2) is 8.11. The van der Waals surface area contributed by atoms with Crippen LogP contribution in [-0.2, 0) is 6.54 Å². The molecular weight excluding hydrogens is 402 g/mol. The van der Waals surface area contributed by atoms with Gasteiger partial charge in [-0.1, -0.05) is 18.2 Å². The maximum Gasteiger partial charge on any atom is 0.277 e. The van der Waals surface area contributed by atoms with Crippen LogP contribution < -0.4 is 15.2 Å². The number of nitrogens with one attached hydrogen (secondary N) is 1. The van der Waals surface area contributed by atoms with Crippen molar-refractivity contribution in [3.05, 3.63) is 73.8 Å². The number of aryl methyl sites for hydroxylation is 1. The molecule has 0 bridgehead atoms. The summed E-state index contributed by atoms with van der Waals surface area (Å²) in [7, 11) is 0. The van der Waals surface area contributed by atoms with Gasteiger partial charge in [-0.05, 0) is 49.9 Å². The molecule has 0 aliphatic heterocycles. The van der Waals surface area contributed by atoms with Crippen molar-refractivity contribution in [2.45, 2.75) is 27.3 Å². The smallest absolute Gasteiger partial charge is 0.277 e. The summed E-state index contributed by atoms with van der Waals surface area (Å²) in [4.78, 5) is 36.7. The number of hydrogen-bond donors (Lipinski definition) is 1. The highest BCUT2D eigenvalue weighted by atomic mass is 32.1. The number of anilines is 1. The van der Waals surface area contributed by atoms with Crippen molar-refractivity contribution in [1.29, 1.82) is 0 Å². The van der Waals surface area contributed by atoms with Crippen LogP contribution in [0.2, 0.25) is 0 Å². The number of aromatic nitrogens is 4. The Balaban J connectivity index is 1.75. The molecule has 30 heavy (non-hydrogen) atoms. The van der Waals surface area contributed by atoms with Gasteiger partial charge in [0.1, 0.15) is 5.75 Å². The largest absolute Gasteiger partial charge is 0.494 e. The van der Waals surface area contributed by atoms with E-state index in [1.54, 1.807) is 19.9 Å². The van der Waals surface area contributed by atoms with Crippen LogP contribution in [0.5, 0.6) is 5.75 Å². The van der Waals surface area contributed by atoms with Crippen LogP contribution in [0.15, 0.2) is 46.6 Å². The van der Waals surface area contributed by atoms with Gasteiger partial charge in [0.15, 0.2) is 0 Å².